The number of aryl methyl sites for hydroxylation is 1. The van der Waals surface area contributed by atoms with E-state index in [1.807, 2.05) is 24.6 Å². The molecule has 0 amide bonds. The van der Waals surface area contributed by atoms with Crippen molar-refractivity contribution in [2.75, 3.05) is 20.2 Å². The van der Waals surface area contributed by atoms with Crippen molar-refractivity contribution in [3.05, 3.63) is 45.9 Å². The molecule has 21 heavy (non-hydrogen) atoms. The predicted molar refractivity (Wildman–Crippen MR) is 84.5 cm³/mol. The highest BCUT2D eigenvalue weighted by Gasteiger charge is 2.05. The second-order valence-electron chi connectivity index (χ2n) is 4.94. The van der Waals surface area contributed by atoms with Crippen molar-refractivity contribution in [2.45, 2.75) is 19.9 Å². The van der Waals surface area contributed by atoms with E-state index in [-0.39, 0.29) is 0 Å². The zero-order valence-corrected chi connectivity index (χ0v) is 13.2. The third-order valence-corrected chi connectivity index (χ3v) is 4.11. The molecule has 0 aliphatic carbocycles. The Morgan fingerprint density at radius 3 is 2.71 bits per heavy atom. The molecule has 1 aromatic heterocycles. The van der Waals surface area contributed by atoms with E-state index in [0.29, 0.717) is 12.2 Å². The standard InChI is InChI=1S/C16H19N3OS/c1-13-16(21-12-18-13)11-19(2)8-3-9-20-15-6-4-14(10-17)5-7-15/h4-7,12H,3,8-9,11H2,1-2H3. The smallest absolute Gasteiger partial charge is 0.119 e. The summed E-state index contributed by atoms with van der Waals surface area (Å²) >= 11 is 1.71. The second kappa shape index (κ2) is 7.77. The van der Waals surface area contributed by atoms with Crippen LogP contribution in [0.5, 0.6) is 5.75 Å². The molecule has 5 heteroatoms. The highest BCUT2D eigenvalue weighted by molar-refractivity contribution is 7.09. The summed E-state index contributed by atoms with van der Waals surface area (Å²) in [6.45, 7) is 4.65. The lowest BCUT2D eigenvalue weighted by Crippen LogP contribution is -2.20. The lowest BCUT2D eigenvalue weighted by atomic mass is 10.2. The molecule has 2 aromatic rings. The molecule has 0 bridgehead atoms. The number of hydrogen-bond acceptors (Lipinski definition) is 5. The molecule has 0 radical (unpaired) electrons. The van der Waals surface area contributed by atoms with Crippen LogP contribution < -0.4 is 4.74 Å². The molecule has 0 atom stereocenters. The van der Waals surface area contributed by atoms with Crippen LogP contribution in [0.15, 0.2) is 29.8 Å². The highest BCUT2D eigenvalue weighted by atomic mass is 32.1. The maximum Gasteiger partial charge on any atom is 0.119 e. The zero-order chi connectivity index (χ0) is 15.1. The first-order chi connectivity index (χ1) is 10.2. The molecule has 0 aliphatic heterocycles. The Hall–Kier alpha value is -1.90. The van der Waals surface area contributed by atoms with Gasteiger partial charge in [0, 0.05) is 18.0 Å². The lowest BCUT2D eigenvalue weighted by Gasteiger charge is -2.16. The number of nitrogens with zero attached hydrogens (tertiary/aromatic N) is 3. The van der Waals surface area contributed by atoms with E-state index in [1.54, 1.807) is 23.5 Å². The van der Waals surface area contributed by atoms with E-state index in [1.165, 1.54) is 4.88 Å². The van der Waals surface area contributed by atoms with Crippen LogP contribution >= 0.6 is 11.3 Å². The van der Waals surface area contributed by atoms with Gasteiger partial charge >= 0.3 is 0 Å². The number of thiazole rings is 1. The van der Waals surface area contributed by atoms with Gasteiger partial charge in [0.2, 0.25) is 0 Å². The number of hydrogen-bond donors (Lipinski definition) is 0. The van der Waals surface area contributed by atoms with Crippen LogP contribution in [0.3, 0.4) is 0 Å². The Bertz CT molecular complexity index is 601. The number of ether oxygens (including phenoxy) is 1. The van der Waals surface area contributed by atoms with Crippen molar-refractivity contribution in [3.63, 3.8) is 0 Å². The maximum atomic E-state index is 8.73. The van der Waals surface area contributed by atoms with Gasteiger partial charge in [0.25, 0.3) is 0 Å². The summed E-state index contributed by atoms with van der Waals surface area (Å²) in [5.74, 6) is 0.815. The van der Waals surface area contributed by atoms with Gasteiger partial charge in [-0.3, -0.25) is 0 Å². The van der Waals surface area contributed by atoms with Gasteiger partial charge in [0.1, 0.15) is 5.75 Å². The van der Waals surface area contributed by atoms with Gasteiger partial charge in [-0.05, 0) is 44.7 Å². The Morgan fingerprint density at radius 2 is 2.10 bits per heavy atom. The van der Waals surface area contributed by atoms with E-state index in [2.05, 4.69) is 23.0 Å². The normalized spacial score (nSPS) is 10.6. The summed E-state index contributed by atoms with van der Waals surface area (Å²) in [6, 6.07) is 9.31. The SMILES string of the molecule is Cc1ncsc1CN(C)CCCOc1ccc(C#N)cc1. The Kier molecular flexibility index (Phi) is 5.73. The van der Waals surface area contributed by atoms with Gasteiger partial charge in [-0.2, -0.15) is 5.26 Å². The molecule has 0 unspecified atom stereocenters. The van der Waals surface area contributed by atoms with Gasteiger partial charge in [-0.1, -0.05) is 0 Å². The number of nitriles is 1. The fraction of sp³-hybridized carbons (Fsp3) is 0.375. The second-order valence-corrected chi connectivity index (χ2v) is 5.88. The molecule has 0 N–H and O–H groups in total. The van der Waals surface area contributed by atoms with Gasteiger partial charge in [-0.15, -0.1) is 11.3 Å². The number of benzene rings is 1. The minimum atomic E-state index is 0.655. The van der Waals surface area contributed by atoms with Crippen LogP contribution in [0.25, 0.3) is 0 Å². The Morgan fingerprint density at radius 1 is 1.33 bits per heavy atom. The predicted octanol–water partition coefficient (Wildman–Crippen LogP) is 3.22. The molecule has 0 spiro atoms. The molecule has 110 valence electrons. The summed E-state index contributed by atoms with van der Waals surface area (Å²) in [7, 11) is 2.11. The van der Waals surface area contributed by atoms with Crippen molar-refractivity contribution in [3.8, 4) is 11.8 Å². The molecule has 1 heterocycles. The van der Waals surface area contributed by atoms with Crippen molar-refractivity contribution in [1.29, 1.82) is 5.26 Å². The molecule has 1 aromatic carbocycles. The fourth-order valence-electron chi connectivity index (χ4n) is 1.95. The molecule has 4 nitrogen and oxygen atoms in total. The van der Waals surface area contributed by atoms with Crippen molar-refractivity contribution in [1.82, 2.24) is 9.88 Å². The first-order valence-electron chi connectivity index (χ1n) is 6.89. The van der Waals surface area contributed by atoms with E-state index in [4.69, 9.17) is 10.00 Å². The zero-order valence-electron chi connectivity index (χ0n) is 12.4. The average Bonchev–Trinajstić information content (AvgIpc) is 2.89. The van der Waals surface area contributed by atoms with Crippen LogP contribution in [0.2, 0.25) is 0 Å². The Labute approximate surface area is 129 Å². The largest absolute Gasteiger partial charge is 0.494 e. The summed E-state index contributed by atoms with van der Waals surface area (Å²) in [5.41, 5.74) is 3.68. The topological polar surface area (TPSA) is 49.2 Å². The molecule has 0 aliphatic rings. The van der Waals surface area contributed by atoms with E-state index in [9.17, 15) is 0 Å². The summed E-state index contributed by atoms with van der Waals surface area (Å²) in [6.07, 6.45) is 0.967. The molecule has 0 saturated carbocycles. The van der Waals surface area contributed by atoms with Gasteiger partial charge < -0.3 is 9.64 Å². The fourth-order valence-corrected chi connectivity index (χ4v) is 2.81. The van der Waals surface area contributed by atoms with Gasteiger partial charge in [0.05, 0.1) is 29.4 Å². The molecular formula is C16H19N3OS. The molecule has 0 fully saturated rings. The van der Waals surface area contributed by atoms with Crippen LogP contribution in [-0.4, -0.2) is 30.1 Å². The summed E-state index contributed by atoms with van der Waals surface area (Å²) in [5, 5.41) is 8.73. The molecular weight excluding hydrogens is 282 g/mol. The third kappa shape index (κ3) is 4.85. The van der Waals surface area contributed by atoms with E-state index >= 15 is 0 Å². The van der Waals surface area contributed by atoms with Crippen LogP contribution in [0.1, 0.15) is 22.6 Å². The van der Waals surface area contributed by atoms with Crippen molar-refractivity contribution in [2.24, 2.45) is 0 Å². The van der Waals surface area contributed by atoms with Crippen LogP contribution in [-0.2, 0) is 6.54 Å². The average molecular weight is 301 g/mol. The van der Waals surface area contributed by atoms with Crippen LogP contribution in [0.4, 0.5) is 0 Å². The lowest BCUT2D eigenvalue weighted by molar-refractivity contribution is 0.259. The van der Waals surface area contributed by atoms with Crippen molar-refractivity contribution < 1.29 is 4.74 Å². The first kappa shape index (κ1) is 15.5. The minimum absolute atomic E-state index is 0.655. The number of rotatable bonds is 7. The summed E-state index contributed by atoms with van der Waals surface area (Å²) < 4.78 is 5.67. The van der Waals surface area contributed by atoms with Gasteiger partial charge in [0.15, 0.2) is 0 Å². The third-order valence-electron chi connectivity index (χ3n) is 3.19. The maximum absolute atomic E-state index is 8.73. The minimum Gasteiger partial charge on any atom is -0.494 e. The summed E-state index contributed by atoms with van der Waals surface area (Å²) in [4.78, 5) is 7.87. The number of aromatic nitrogens is 1. The van der Waals surface area contributed by atoms with Gasteiger partial charge in [-0.25, -0.2) is 4.98 Å². The van der Waals surface area contributed by atoms with E-state index in [0.717, 1.165) is 31.0 Å². The highest BCUT2D eigenvalue weighted by Crippen LogP contribution is 2.15. The Balaban J connectivity index is 1.67. The monoisotopic (exact) mass is 301 g/mol. The molecule has 0 saturated heterocycles. The first-order valence-corrected chi connectivity index (χ1v) is 7.77. The quantitative estimate of drug-likeness (QED) is 0.737. The van der Waals surface area contributed by atoms with Crippen molar-refractivity contribution >= 4 is 11.3 Å². The van der Waals surface area contributed by atoms with Crippen LogP contribution in [0, 0.1) is 18.3 Å². The van der Waals surface area contributed by atoms with E-state index < -0.39 is 0 Å². The molecule has 2 rings (SSSR count).